The lowest BCUT2D eigenvalue weighted by molar-refractivity contribution is -0.142. The number of fused-ring (bicyclic) bond motifs is 1. The van der Waals surface area contributed by atoms with Crippen molar-refractivity contribution in [2.24, 2.45) is 0 Å². The maximum absolute atomic E-state index is 12.4. The van der Waals surface area contributed by atoms with Gasteiger partial charge in [-0.05, 0) is 47.9 Å². The first kappa shape index (κ1) is 22.5. The number of nitrogens with one attached hydrogen (secondary N) is 1. The van der Waals surface area contributed by atoms with E-state index >= 15 is 0 Å². The van der Waals surface area contributed by atoms with Crippen molar-refractivity contribution in [1.29, 1.82) is 0 Å². The van der Waals surface area contributed by atoms with Crippen molar-refractivity contribution < 1.29 is 24.1 Å². The van der Waals surface area contributed by atoms with E-state index in [1.165, 1.54) is 11.1 Å². The first-order chi connectivity index (χ1) is 15.9. The number of aliphatic carboxylic acids is 1. The molecule has 0 aromatic heterocycles. The molecule has 0 fully saturated rings. The molecule has 0 saturated heterocycles. The number of benzene rings is 3. The maximum atomic E-state index is 12.4. The van der Waals surface area contributed by atoms with Gasteiger partial charge < -0.3 is 24.6 Å². The van der Waals surface area contributed by atoms with Crippen LogP contribution in [0.1, 0.15) is 22.3 Å². The zero-order valence-corrected chi connectivity index (χ0v) is 19.2. The number of methoxy groups -OCH3 is 2. The fourth-order valence-electron chi connectivity index (χ4n) is 4.36. The van der Waals surface area contributed by atoms with Gasteiger partial charge in [0.15, 0.2) is 11.5 Å². The van der Waals surface area contributed by atoms with Gasteiger partial charge in [-0.3, -0.25) is 0 Å². The topological polar surface area (TPSA) is 77.0 Å². The van der Waals surface area contributed by atoms with Gasteiger partial charge in [-0.2, -0.15) is 0 Å². The average Bonchev–Trinajstić information content (AvgIpc) is 3.18. The van der Waals surface area contributed by atoms with Crippen molar-refractivity contribution in [3.05, 3.63) is 82.9 Å². The molecule has 0 radical (unpaired) electrons. The normalized spacial score (nSPS) is 16.7. The van der Waals surface area contributed by atoms with Gasteiger partial charge >= 0.3 is 5.97 Å². The van der Waals surface area contributed by atoms with E-state index in [9.17, 15) is 9.90 Å². The summed E-state index contributed by atoms with van der Waals surface area (Å²) in [6, 6.07) is 19.5. The van der Waals surface area contributed by atoms with Crippen LogP contribution >= 0.6 is 0 Å². The van der Waals surface area contributed by atoms with E-state index in [1.54, 1.807) is 20.3 Å². The molecule has 33 heavy (non-hydrogen) atoms. The van der Waals surface area contributed by atoms with Crippen molar-refractivity contribution in [1.82, 2.24) is 0 Å². The maximum Gasteiger partial charge on any atom is 0.330 e. The second-order valence-corrected chi connectivity index (χ2v) is 8.45. The Balaban J connectivity index is 1.51. The Morgan fingerprint density at radius 1 is 0.970 bits per heavy atom. The highest BCUT2D eigenvalue weighted by atomic mass is 16.5. The summed E-state index contributed by atoms with van der Waals surface area (Å²) >= 11 is 0. The standard InChI is InChI=1S/C27H29NO5/c1-18-5-4-6-19(13-18)11-12-33-25-15-22(8-10-24(25)32-3)28-27(26(29)30)16-20-7-9-23(31-2)14-21(20)17-27/h4-10,13-15,28H,11-12,16-17H2,1-3H3,(H,29,30). The van der Waals surface area contributed by atoms with Gasteiger partial charge in [0.05, 0.1) is 20.8 Å². The second-order valence-electron chi connectivity index (χ2n) is 8.45. The summed E-state index contributed by atoms with van der Waals surface area (Å²) in [4.78, 5) is 12.4. The van der Waals surface area contributed by atoms with Crippen LogP contribution in [-0.2, 0) is 24.1 Å². The van der Waals surface area contributed by atoms with Crippen LogP contribution in [0, 0.1) is 6.92 Å². The van der Waals surface area contributed by atoms with E-state index in [0.717, 1.165) is 23.3 Å². The summed E-state index contributed by atoms with van der Waals surface area (Å²) in [6.07, 6.45) is 1.51. The Kier molecular flexibility index (Phi) is 6.45. The molecular weight excluding hydrogens is 418 g/mol. The summed E-state index contributed by atoms with van der Waals surface area (Å²) < 4.78 is 16.8. The largest absolute Gasteiger partial charge is 0.497 e. The molecule has 0 amide bonds. The first-order valence-electron chi connectivity index (χ1n) is 11.0. The minimum atomic E-state index is -1.14. The Morgan fingerprint density at radius 2 is 1.79 bits per heavy atom. The summed E-state index contributed by atoms with van der Waals surface area (Å²) in [7, 11) is 3.20. The molecule has 6 nitrogen and oxygen atoms in total. The van der Waals surface area contributed by atoms with Crippen molar-refractivity contribution in [3.8, 4) is 17.2 Å². The van der Waals surface area contributed by atoms with Crippen LogP contribution < -0.4 is 19.5 Å². The predicted molar refractivity (Wildman–Crippen MR) is 128 cm³/mol. The molecule has 0 aliphatic heterocycles. The van der Waals surface area contributed by atoms with E-state index in [-0.39, 0.29) is 0 Å². The van der Waals surface area contributed by atoms with E-state index in [2.05, 4.69) is 30.4 Å². The molecular formula is C27H29NO5. The molecule has 4 rings (SSSR count). The summed E-state index contributed by atoms with van der Waals surface area (Å²) in [6.45, 7) is 2.55. The second kappa shape index (κ2) is 9.45. The minimum Gasteiger partial charge on any atom is -0.497 e. The van der Waals surface area contributed by atoms with E-state index in [0.29, 0.717) is 36.6 Å². The van der Waals surface area contributed by atoms with Crippen LogP contribution in [0.5, 0.6) is 17.2 Å². The van der Waals surface area contributed by atoms with Crippen molar-refractivity contribution in [3.63, 3.8) is 0 Å². The zero-order chi connectivity index (χ0) is 23.4. The summed E-state index contributed by atoms with van der Waals surface area (Å²) in [5.41, 5.74) is 3.93. The smallest absolute Gasteiger partial charge is 0.330 e. The zero-order valence-electron chi connectivity index (χ0n) is 19.2. The summed E-state index contributed by atoms with van der Waals surface area (Å²) in [5, 5.41) is 13.4. The van der Waals surface area contributed by atoms with E-state index in [1.807, 2.05) is 36.4 Å². The molecule has 1 aliphatic rings. The van der Waals surface area contributed by atoms with Crippen molar-refractivity contribution in [2.45, 2.75) is 31.7 Å². The Hall–Kier alpha value is -3.67. The fraction of sp³-hybridized carbons (Fsp3) is 0.296. The molecule has 3 aromatic rings. The number of rotatable bonds is 9. The van der Waals surface area contributed by atoms with Crippen LogP contribution in [-0.4, -0.2) is 37.4 Å². The molecule has 0 saturated carbocycles. The monoisotopic (exact) mass is 447 g/mol. The highest BCUT2D eigenvalue weighted by Crippen LogP contribution is 2.37. The number of carbonyl (C=O) groups is 1. The highest BCUT2D eigenvalue weighted by Gasteiger charge is 2.44. The van der Waals surface area contributed by atoms with Crippen LogP contribution in [0.2, 0.25) is 0 Å². The Labute approximate surface area is 194 Å². The number of carboxylic acid groups (broad SMARTS) is 1. The molecule has 0 heterocycles. The number of carboxylic acids is 1. The number of hydrogen-bond acceptors (Lipinski definition) is 5. The van der Waals surface area contributed by atoms with Crippen molar-refractivity contribution >= 4 is 11.7 Å². The van der Waals surface area contributed by atoms with Crippen molar-refractivity contribution in [2.75, 3.05) is 26.1 Å². The van der Waals surface area contributed by atoms with Gasteiger partial charge in [0.2, 0.25) is 0 Å². The SMILES string of the molecule is COc1ccc2c(c1)CC(Nc1ccc(OC)c(OCCc3cccc(C)c3)c1)(C(=O)O)C2. The Bertz CT molecular complexity index is 1160. The Morgan fingerprint density at radius 3 is 2.52 bits per heavy atom. The highest BCUT2D eigenvalue weighted by molar-refractivity contribution is 5.85. The molecule has 3 aromatic carbocycles. The van der Waals surface area contributed by atoms with Crippen LogP contribution in [0.15, 0.2) is 60.7 Å². The van der Waals surface area contributed by atoms with Gasteiger partial charge in [0, 0.05) is 31.0 Å². The number of anilines is 1. The number of ether oxygens (including phenoxy) is 3. The van der Waals surface area contributed by atoms with Gasteiger partial charge in [0.25, 0.3) is 0 Å². The molecule has 1 unspecified atom stereocenters. The van der Waals surface area contributed by atoms with E-state index in [4.69, 9.17) is 14.2 Å². The lowest BCUT2D eigenvalue weighted by atomic mass is 9.95. The molecule has 0 spiro atoms. The fourth-order valence-corrected chi connectivity index (χ4v) is 4.36. The predicted octanol–water partition coefficient (Wildman–Crippen LogP) is 4.67. The third kappa shape index (κ3) is 4.90. The molecule has 0 bridgehead atoms. The van der Waals surface area contributed by atoms with Crippen LogP contribution in [0.3, 0.4) is 0 Å². The quantitative estimate of drug-likeness (QED) is 0.497. The number of aryl methyl sites for hydroxylation is 1. The summed E-state index contributed by atoms with van der Waals surface area (Å²) in [5.74, 6) is 1.01. The van der Waals surface area contributed by atoms with Gasteiger partial charge in [0.1, 0.15) is 11.3 Å². The molecule has 6 heteroatoms. The molecule has 1 atom stereocenters. The molecule has 172 valence electrons. The molecule has 2 N–H and O–H groups in total. The minimum absolute atomic E-state index is 0.366. The van der Waals surface area contributed by atoms with Crippen LogP contribution in [0.4, 0.5) is 5.69 Å². The third-order valence-electron chi connectivity index (χ3n) is 6.09. The van der Waals surface area contributed by atoms with E-state index < -0.39 is 11.5 Å². The van der Waals surface area contributed by atoms with Crippen LogP contribution in [0.25, 0.3) is 0 Å². The van der Waals surface area contributed by atoms with Gasteiger partial charge in [-0.25, -0.2) is 4.79 Å². The van der Waals surface area contributed by atoms with Gasteiger partial charge in [-0.15, -0.1) is 0 Å². The lowest BCUT2D eigenvalue weighted by Crippen LogP contribution is -2.47. The lowest BCUT2D eigenvalue weighted by Gasteiger charge is -2.27. The number of hydrogen-bond donors (Lipinski definition) is 2. The first-order valence-corrected chi connectivity index (χ1v) is 11.0. The van der Waals surface area contributed by atoms with Gasteiger partial charge in [-0.1, -0.05) is 35.9 Å². The molecule has 1 aliphatic carbocycles. The third-order valence-corrected chi connectivity index (χ3v) is 6.09. The average molecular weight is 448 g/mol.